The van der Waals surface area contributed by atoms with Gasteiger partial charge in [0.05, 0.1) is 12.1 Å². The molecule has 0 amide bonds. The lowest BCUT2D eigenvalue weighted by Gasteiger charge is -2.08. The van der Waals surface area contributed by atoms with Crippen LogP contribution in [0.25, 0.3) is 0 Å². The van der Waals surface area contributed by atoms with Gasteiger partial charge in [0.1, 0.15) is 5.75 Å². The molecule has 3 N–H and O–H groups in total. The van der Waals surface area contributed by atoms with Crippen molar-refractivity contribution in [2.24, 2.45) is 0 Å². The Labute approximate surface area is 104 Å². The van der Waals surface area contributed by atoms with Gasteiger partial charge in [-0.3, -0.25) is 0 Å². The Morgan fingerprint density at radius 2 is 2.29 bits per heavy atom. The second-order valence-corrected chi connectivity index (χ2v) is 4.58. The Kier molecular flexibility index (Phi) is 3.82. The largest absolute Gasteiger partial charge is 0.497 e. The van der Waals surface area contributed by atoms with E-state index in [1.807, 2.05) is 23.7 Å². The number of hydrogen-bond donors (Lipinski definition) is 2. The van der Waals surface area contributed by atoms with Crippen molar-refractivity contribution in [1.82, 2.24) is 4.98 Å². The van der Waals surface area contributed by atoms with Crippen molar-refractivity contribution in [3.63, 3.8) is 0 Å². The van der Waals surface area contributed by atoms with Crippen molar-refractivity contribution in [2.45, 2.75) is 6.42 Å². The number of thiazole rings is 1. The number of rotatable bonds is 5. The van der Waals surface area contributed by atoms with Crippen molar-refractivity contribution < 1.29 is 4.74 Å². The van der Waals surface area contributed by atoms with E-state index >= 15 is 0 Å². The number of aromatic nitrogens is 1. The summed E-state index contributed by atoms with van der Waals surface area (Å²) in [4.78, 5) is 4.23. The summed E-state index contributed by atoms with van der Waals surface area (Å²) in [6.45, 7) is 0.833. The van der Waals surface area contributed by atoms with E-state index in [2.05, 4.69) is 10.3 Å². The Morgan fingerprint density at radius 1 is 1.41 bits per heavy atom. The molecule has 5 heteroatoms. The number of benzene rings is 1. The van der Waals surface area contributed by atoms with Gasteiger partial charge in [-0.25, -0.2) is 4.98 Å². The second kappa shape index (κ2) is 5.54. The number of nitrogen functional groups attached to an aromatic ring is 1. The molecular formula is C12H15N3OS. The number of nitrogens with one attached hydrogen (secondary N) is 1. The van der Waals surface area contributed by atoms with E-state index in [4.69, 9.17) is 10.5 Å². The average Bonchev–Trinajstić information content (AvgIpc) is 2.81. The first-order valence-corrected chi connectivity index (χ1v) is 6.22. The van der Waals surface area contributed by atoms with Gasteiger partial charge in [0.2, 0.25) is 0 Å². The Balaban J connectivity index is 1.92. The van der Waals surface area contributed by atoms with Crippen LogP contribution in [0.1, 0.15) is 5.01 Å². The summed E-state index contributed by atoms with van der Waals surface area (Å²) < 4.78 is 5.16. The smallest absolute Gasteiger partial charge is 0.122 e. The third kappa shape index (κ3) is 3.35. The van der Waals surface area contributed by atoms with E-state index in [9.17, 15) is 0 Å². The fraction of sp³-hybridized carbons (Fsp3) is 0.250. The van der Waals surface area contributed by atoms with Crippen LogP contribution < -0.4 is 15.8 Å². The minimum absolute atomic E-state index is 0.695. The van der Waals surface area contributed by atoms with Gasteiger partial charge in [0.15, 0.2) is 0 Å². The molecule has 2 rings (SSSR count). The maximum absolute atomic E-state index is 5.77. The molecule has 4 nitrogen and oxygen atoms in total. The monoisotopic (exact) mass is 249 g/mol. The number of ether oxygens (including phenoxy) is 1. The molecule has 0 bridgehead atoms. The van der Waals surface area contributed by atoms with Gasteiger partial charge >= 0.3 is 0 Å². The minimum atomic E-state index is 0.695. The van der Waals surface area contributed by atoms with E-state index in [0.29, 0.717) is 5.69 Å². The zero-order chi connectivity index (χ0) is 12.1. The van der Waals surface area contributed by atoms with Crippen LogP contribution in [-0.4, -0.2) is 18.6 Å². The van der Waals surface area contributed by atoms with Crippen molar-refractivity contribution in [2.75, 3.05) is 24.7 Å². The zero-order valence-electron chi connectivity index (χ0n) is 9.64. The predicted octanol–water partition coefficient (Wildman–Crippen LogP) is 2.39. The van der Waals surface area contributed by atoms with Crippen LogP contribution in [0, 0.1) is 0 Å². The van der Waals surface area contributed by atoms with Gasteiger partial charge in [0, 0.05) is 48.0 Å². The number of nitrogens with two attached hydrogens (primary N) is 1. The van der Waals surface area contributed by atoms with E-state index < -0.39 is 0 Å². The molecule has 0 saturated carbocycles. The first-order chi connectivity index (χ1) is 8.28. The van der Waals surface area contributed by atoms with E-state index in [0.717, 1.165) is 29.4 Å². The lowest BCUT2D eigenvalue weighted by Crippen LogP contribution is -2.05. The fourth-order valence-corrected chi connectivity index (χ4v) is 2.15. The third-order valence-corrected chi connectivity index (χ3v) is 3.16. The summed E-state index contributed by atoms with van der Waals surface area (Å²) >= 11 is 1.67. The molecule has 0 unspecified atom stereocenters. The molecule has 0 aliphatic rings. The molecule has 0 fully saturated rings. The van der Waals surface area contributed by atoms with Crippen molar-refractivity contribution in [3.05, 3.63) is 34.8 Å². The number of anilines is 2. The molecule has 2 aromatic rings. The fourth-order valence-electron chi connectivity index (χ4n) is 1.53. The summed E-state index contributed by atoms with van der Waals surface area (Å²) in [5.41, 5.74) is 7.44. The summed E-state index contributed by atoms with van der Waals surface area (Å²) in [6, 6.07) is 5.62. The highest BCUT2D eigenvalue weighted by molar-refractivity contribution is 7.09. The summed E-state index contributed by atoms with van der Waals surface area (Å²) in [7, 11) is 1.63. The second-order valence-electron chi connectivity index (χ2n) is 3.60. The number of methoxy groups -OCH3 is 1. The van der Waals surface area contributed by atoms with Gasteiger partial charge in [0.25, 0.3) is 0 Å². The average molecular weight is 249 g/mol. The van der Waals surface area contributed by atoms with Crippen LogP contribution in [0.2, 0.25) is 0 Å². The van der Waals surface area contributed by atoms with Crippen LogP contribution in [0.3, 0.4) is 0 Å². The summed E-state index contributed by atoms with van der Waals surface area (Å²) in [5.74, 6) is 0.766. The van der Waals surface area contributed by atoms with Gasteiger partial charge in [-0.1, -0.05) is 0 Å². The topological polar surface area (TPSA) is 60.2 Å². The molecule has 17 heavy (non-hydrogen) atoms. The van der Waals surface area contributed by atoms with Gasteiger partial charge in [-0.2, -0.15) is 0 Å². The maximum Gasteiger partial charge on any atom is 0.122 e. The SMILES string of the molecule is COc1cc(N)cc(NCCc2nccs2)c1. The van der Waals surface area contributed by atoms with Gasteiger partial charge in [-0.15, -0.1) is 11.3 Å². The molecule has 0 saturated heterocycles. The predicted molar refractivity (Wildman–Crippen MR) is 71.7 cm³/mol. The van der Waals surface area contributed by atoms with Crippen LogP contribution in [0.4, 0.5) is 11.4 Å². The third-order valence-electron chi connectivity index (χ3n) is 2.32. The molecule has 1 aromatic carbocycles. The highest BCUT2D eigenvalue weighted by Crippen LogP contribution is 2.22. The molecule has 1 aromatic heterocycles. The lowest BCUT2D eigenvalue weighted by molar-refractivity contribution is 0.415. The van der Waals surface area contributed by atoms with Crippen LogP contribution >= 0.6 is 11.3 Å². The highest BCUT2D eigenvalue weighted by atomic mass is 32.1. The van der Waals surface area contributed by atoms with Gasteiger partial charge in [-0.05, 0) is 6.07 Å². The Hall–Kier alpha value is -1.75. The van der Waals surface area contributed by atoms with Crippen molar-refractivity contribution >= 4 is 22.7 Å². The molecule has 90 valence electrons. The molecule has 0 aliphatic heterocycles. The van der Waals surface area contributed by atoms with E-state index in [1.165, 1.54) is 0 Å². The van der Waals surface area contributed by atoms with E-state index in [1.54, 1.807) is 24.5 Å². The molecule has 0 spiro atoms. The Morgan fingerprint density at radius 3 is 3.00 bits per heavy atom. The number of hydrogen-bond acceptors (Lipinski definition) is 5. The first-order valence-electron chi connectivity index (χ1n) is 5.35. The molecule has 0 atom stereocenters. The quantitative estimate of drug-likeness (QED) is 0.799. The molecule has 1 heterocycles. The van der Waals surface area contributed by atoms with Crippen molar-refractivity contribution in [1.29, 1.82) is 0 Å². The highest BCUT2D eigenvalue weighted by Gasteiger charge is 2.00. The maximum atomic E-state index is 5.77. The molecule has 0 aliphatic carbocycles. The Bertz CT molecular complexity index is 471. The molecule has 0 radical (unpaired) electrons. The first kappa shape index (κ1) is 11.7. The van der Waals surface area contributed by atoms with Crippen LogP contribution in [0.5, 0.6) is 5.75 Å². The zero-order valence-corrected chi connectivity index (χ0v) is 10.5. The van der Waals surface area contributed by atoms with Crippen LogP contribution in [-0.2, 0) is 6.42 Å². The number of nitrogens with zero attached hydrogens (tertiary/aromatic N) is 1. The standard InChI is InChI=1S/C12H15N3OS/c1-16-11-7-9(13)6-10(8-11)14-3-2-12-15-4-5-17-12/h4-8,14H,2-3,13H2,1H3. The van der Waals surface area contributed by atoms with Crippen LogP contribution in [0.15, 0.2) is 29.8 Å². The van der Waals surface area contributed by atoms with Crippen molar-refractivity contribution in [3.8, 4) is 5.75 Å². The minimum Gasteiger partial charge on any atom is -0.497 e. The lowest BCUT2D eigenvalue weighted by atomic mass is 10.2. The summed E-state index contributed by atoms with van der Waals surface area (Å²) in [5, 5.41) is 6.42. The van der Waals surface area contributed by atoms with E-state index in [-0.39, 0.29) is 0 Å². The van der Waals surface area contributed by atoms with Gasteiger partial charge < -0.3 is 15.8 Å². The summed E-state index contributed by atoms with van der Waals surface area (Å²) in [6.07, 6.45) is 2.73. The molecular weight excluding hydrogens is 234 g/mol. The normalized spacial score (nSPS) is 10.2.